The van der Waals surface area contributed by atoms with Crippen LogP contribution in [0.2, 0.25) is 0 Å². The van der Waals surface area contributed by atoms with Crippen molar-refractivity contribution in [1.82, 2.24) is 10.6 Å². The maximum atomic E-state index is 5.21. The number of methoxy groups -OCH3 is 1. The molecule has 0 bridgehead atoms. The average molecular weight is 276 g/mol. The molecule has 1 aromatic carbocycles. The van der Waals surface area contributed by atoms with E-state index < -0.39 is 0 Å². The Hall–Kier alpha value is -2.01. The summed E-state index contributed by atoms with van der Waals surface area (Å²) in [5.41, 5.74) is 1.11. The van der Waals surface area contributed by atoms with Crippen LogP contribution in [0.25, 0.3) is 0 Å². The minimum Gasteiger partial charge on any atom is -0.497 e. The number of ether oxygens (including phenoxy) is 1. The zero-order valence-electron chi connectivity index (χ0n) is 10.7. The molecule has 1 aromatic heterocycles. The van der Waals surface area contributed by atoms with Crippen molar-refractivity contribution in [3.8, 4) is 5.75 Å². The van der Waals surface area contributed by atoms with Gasteiger partial charge in [0.15, 0.2) is 5.11 Å². The molecule has 0 radical (unpaired) electrons. The van der Waals surface area contributed by atoms with Crippen molar-refractivity contribution < 1.29 is 9.15 Å². The van der Waals surface area contributed by atoms with Crippen LogP contribution in [-0.4, -0.2) is 12.2 Å². The van der Waals surface area contributed by atoms with Gasteiger partial charge >= 0.3 is 0 Å². The summed E-state index contributed by atoms with van der Waals surface area (Å²) in [7, 11) is 1.65. The lowest BCUT2D eigenvalue weighted by Gasteiger charge is -2.10. The van der Waals surface area contributed by atoms with E-state index in [2.05, 4.69) is 10.6 Å². The second kappa shape index (κ2) is 6.80. The van der Waals surface area contributed by atoms with Crippen LogP contribution in [0.5, 0.6) is 5.75 Å². The van der Waals surface area contributed by atoms with Gasteiger partial charge in [0.05, 0.1) is 19.9 Å². The first-order valence-corrected chi connectivity index (χ1v) is 6.36. The summed E-state index contributed by atoms with van der Waals surface area (Å²) in [5.74, 6) is 1.69. The topological polar surface area (TPSA) is 46.4 Å². The zero-order valence-corrected chi connectivity index (χ0v) is 11.5. The molecule has 0 aliphatic carbocycles. The molecule has 100 valence electrons. The lowest BCUT2D eigenvalue weighted by Crippen LogP contribution is -2.34. The molecule has 19 heavy (non-hydrogen) atoms. The molecule has 2 rings (SSSR count). The highest BCUT2D eigenvalue weighted by Crippen LogP contribution is 2.12. The Kier molecular flexibility index (Phi) is 4.80. The Labute approximate surface area is 117 Å². The molecule has 0 saturated heterocycles. The first kappa shape index (κ1) is 13.4. The van der Waals surface area contributed by atoms with Crippen LogP contribution in [0.4, 0.5) is 0 Å². The summed E-state index contributed by atoms with van der Waals surface area (Å²) in [6, 6.07) is 11.6. The Bertz CT molecular complexity index is 526. The fourth-order valence-corrected chi connectivity index (χ4v) is 1.75. The predicted molar refractivity (Wildman–Crippen MR) is 78.0 cm³/mol. The Morgan fingerprint density at radius 3 is 2.79 bits per heavy atom. The molecule has 0 aliphatic heterocycles. The van der Waals surface area contributed by atoms with Crippen molar-refractivity contribution in [2.75, 3.05) is 7.11 Å². The number of rotatable bonds is 5. The van der Waals surface area contributed by atoms with E-state index in [-0.39, 0.29) is 0 Å². The van der Waals surface area contributed by atoms with Crippen molar-refractivity contribution in [3.63, 3.8) is 0 Å². The zero-order chi connectivity index (χ0) is 13.5. The molecule has 0 fully saturated rings. The van der Waals surface area contributed by atoms with Crippen LogP contribution in [0.15, 0.2) is 47.1 Å². The van der Waals surface area contributed by atoms with Gasteiger partial charge < -0.3 is 19.8 Å². The van der Waals surface area contributed by atoms with E-state index in [9.17, 15) is 0 Å². The van der Waals surface area contributed by atoms with E-state index in [0.29, 0.717) is 18.2 Å². The number of thiocarbonyl (C=S) groups is 1. The Morgan fingerprint density at radius 2 is 2.05 bits per heavy atom. The largest absolute Gasteiger partial charge is 0.497 e. The van der Waals surface area contributed by atoms with E-state index in [0.717, 1.165) is 17.1 Å². The minimum atomic E-state index is 0.580. The van der Waals surface area contributed by atoms with Gasteiger partial charge in [-0.1, -0.05) is 12.1 Å². The predicted octanol–water partition coefficient (Wildman–Crippen LogP) is 2.45. The van der Waals surface area contributed by atoms with Gasteiger partial charge in [0.25, 0.3) is 0 Å². The quantitative estimate of drug-likeness (QED) is 0.821. The molecule has 0 amide bonds. The molecule has 1 heterocycles. The van der Waals surface area contributed by atoms with Crippen molar-refractivity contribution in [3.05, 3.63) is 54.0 Å². The number of hydrogen-bond acceptors (Lipinski definition) is 3. The van der Waals surface area contributed by atoms with Crippen molar-refractivity contribution in [2.24, 2.45) is 0 Å². The molecule has 0 aliphatic rings. The minimum absolute atomic E-state index is 0.580. The molecule has 2 N–H and O–H groups in total. The third kappa shape index (κ3) is 4.30. The van der Waals surface area contributed by atoms with Gasteiger partial charge in [0, 0.05) is 6.54 Å². The summed E-state index contributed by atoms with van der Waals surface area (Å²) in [4.78, 5) is 0. The average Bonchev–Trinajstić information content (AvgIpc) is 2.96. The van der Waals surface area contributed by atoms with Gasteiger partial charge in [-0.15, -0.1) is 0 Å². The van der Waals surface area contributed by atoms with Crippen LogP contribution in [0.3, 0.4) is 0 Å². The maximum absolute atomic E-state index is 5.21. The highest BCUT2D eigenvalue weighted by molar-refractivity contribution is 7.80. The highest BCUT2D eigenvalue weighted by atomic mass is 32.1. The molecule has 0 saturated carbocycles. The number of nitrogens with one attached hydrogen (secondary N) is 2. The van der Waals surface area contributed by atoms with E-state index in [1.54, 1.807) is 13.4 Å². The lowest BCUT2D eigenvalue weighted by atomic mass is 10.2. The van der Waals surface area contributed by atoms with Crippen LogP contribution in [0.1, 0.15) is 11.3 Å². The maximum Gasteiger partial charge on any atom is 0.166 e. The SMILES string of the molecule is COc1cccc(CNC(=S)NCc2ccco2)c1. The summed E-state index contributed by atoms with van der Waals surface area (Å²) < 4.78 is 10.4. The second-order valence-electron chi connectivity index (χ2n) is 3.97. The van der Waals surface area contributed by atoms with Gasteiger partial charge in [-0.3, -0.25) is 0 Å². The normalized spacial score (nSPS) is 9.95. The second-order valence-corrected chi connectivity index (χ2v) is 4.38. The molecule has 0 unspecified atom stereocenters. The smallest absolute Gasteiger partial charge is 0.166 e. The lowest BCUT2D eigenvalue weighted by molar-refractivity contribution is 0.414. The van der Waals surface area contributed by atoms with Crippen LogP contribution in [0, 0.1) is 0 Å². The van der Waals surface area contributed by atoms with Crippen molar-refractivity contribution in [1.29, 1.82) is 0 Å². The van der Waals surface area contributed by atoms with E-state index in [1.165, 1.54) is 0 Å². The highest BCUT2D eigenvalue weighted by Gasteiger charge is 2.00. The van der Waals surface area contributed by atoms with Crippen LogP contribution >= 0.6 is 12.2 Å². The molecule has 5 heteroatoms. The number of furan rings is 1. The Balaban J connectivity index is 1.76. The Morgan fingerprint density at radius 1 is 1.21 bits per heavy atom. The fourth-order valence-electron chi connectivity index (χ4n) is 1.61. The summed E-state index contributed by atoms with van der Waals surface area (Å²) in [6.07, 6.45) is 1.64. The van der Waals surface area contributed by atoms with Gasteiger partial charge in [0.1, 0.15) is 11.5 Å². The monoisotopic (exact) mass is 276 g/mol. The first-order chi connectivity index (χ1) is 9.28. The summed E-state index contributed by atoms with van der Waals surface area (Å²) in [6.45, 7) is 1.23. The van der Waals surface area contributed by atoms with E-state index in [1.807, 2.05) is 36.4 Å². The molecule has 4 nitrogen and oxygen atoms in total. The van der Waals surface area contributed by atoms with E-state index in [4.69, 9.17) is 21.4 Å². The van der Waals surface area contributed by atoms with Crippen LogP contribution < -0.4 is 15.4 Å². The van der Waals surface area contributed by atoms with Crippen LogP contribution in [-0.2, 0) is 13.1 Å². The van der Waals surface area contributed by atoms with Gasteiger partial charge in [0.2, 0.25) is 0 Å². The van der Waals surface area contributed by atoms with Crippen molar-refractivity contribution in [2.45, 2.75) is 13.1 Å². The van der Waals surface area contributed by atoms with Crippen molar-refractivity contribution >= 4 is 17.3 Å². The first-order valence-electron chi connectivity index (χ1n) is 5.95. The van der Waals surface area contributed by atoms with Gasteiger partial charge in [-0.25, -0.2) is 0 Å². The third-order valence-corrected chi connectivity index (χ3v) is 2.88. The molecule has 0 atom stereocenters. The molecular weight excluding hydrogens is 260 g/mol. The summed E-state index contributed by atoms with van der Waals surface area (Å²) in [5, 5.41) is 6.81. The number of hydrogen-bond donors (Lipinski definition) is 2. The number of benzene rings is 1. The van der Waals surface area contributed by atoms with Gasteiger partial charge in [-0.05, 0) is 42.0 Å². The molecule has 0 spiro atoms. The van der Waals surface area contributed by atoms with Gasteiger partial charge in [-0.2, -0.15) is 0 Å². The molecule has 2 aromatic rings. The standard InChI is InChI=1S/C14H16N2O2S/c1-17-12-5-2-4-11(8-12)9-15-14(19)16-10-13-6-3-7-18-13/h2-8H,9-10H2,1H3,(H2,15,16,19). The molecular formula is C14H16N2O2S. The summed E-state index contributed by atoms with van der Waals surface area (Å²) >= 11 is 5.19. The third-order valence-electron chi connectivity index (χ3n) is 2.59. The fraction of sp³-hybridized carbons (Fsp3) is 0.214. The van der Waals surface area contributed by atoms with E-state index >= 15 is 0 Å².